The average molecular weight is 266 g/mol. The molecule has 0 bridgehead atoms. The van der Waals surface area contributed by atoms with E-state index in [-0.39, 0.29) is 0 Å². The van der Waals surface area contributed by atoms with Gasteiger partial charge in [-0.3, -0.25) is 0 Å². The molecule has 3 heteroatoms. The van der Waals surface area contributed by atoms with Crippen LogP contribution in [0.25, 0.3) is 11.0 Å². The van der Waals surface area contributed by atoms with Crippen LogP contribution in [0.5, 0.6) is 0 Å². The van der Waals surface area contributed by atoms with Crippen molar-refractivity contribution in [3.63, 3.8) is 0 Å². The van der Waals surface area contributed by atoms with E-state index >= 15 is 0 Å². The van der Waals surface area contributed by atoms with Gasteiger partial charge in [-0.1, -0.05) is 31.9 Å². The Bertz CT molecular complexity index is 545. The van der Waals surface area contributed by atoms with Gasteiger partial charge in [-0.05, 0) is 37.6 Å². The topological polar surface area (TPSA) is 25.2 Å². The van der Waals surface area contributed by atoms with Crippen LogP contribution in [0.1, 0.15) is 37.2 Å². The zero-order valence-electron chi connectivity index (χ0n) is 11.3. The lowest BCUT2D eigenvalue weighted by atomic mass is 10.0. The summed E-state index contributed by atoms with van der Waals surface area (Å²) < 4.78 is 6.02. The van der Waals surface area contributed by atoms with E-state index in [2.05, 4.69) is 19.2 Å². The van der Waals surface area contributed by atoms with Crippen molar-refractivity contribution in [1.29, 1.82) is 0 Å². The molecule has 0 spiro atoms. The molecule has 0 aliphatic heterocycles. The molecule has 0 radical (unpaired) electrons. The number of furan rings is 1. The number of nitrogens with one attached hydrogen (secondary N) is 1. The van der Waals surface area contributed by atoms with E-state index in [4.69, 9.17) is 16.0 Å². The van der Waals surface area contributed by atoms with E-state index in [9.17, 15) is 0 Å². The van der Waals surface area contributed by atoms with Crippen molar-refractivity contribution in [2.45, 2.75) is 40.2 Å². The Labute approximate surface area is 113 Å². The first-order valence-corrected chi connectivity index (χ1v) is 6.96. The van der Waals surface area contributed by atoms with Gasteiger partial charge in [0.15, 0.2) is 0 Å². The minimum absolute atomic E-state index is 0.785. The Morgan fingerprint density at radius 3 is 2.72 bits per heavy atom. The van der Waals surface area contributed by atoms with Crippen LogP contribution in [0.15, 0.2) is 16.5 Å². The Hall–Kier alpha value is -0.990. The van der Waals surface area contributed by atoms with Crippen LogP contribution in [0.2, 0.25) is 5.02 Å². The molecule has 2 rings (SSSR count). The third kappa shape index (κ3) is 2.55. The highest BCUT2D eigenvalue weighted by Gasteiger charge is 2.15. The first-order chi connectivity index (χ1) is 8.67. The average Bonchev–Trinajstić information content (AvgIpc) is 2.66. The summed E-state index contributed by atoms with van der Waals surface area (Å²) in [7, 11) is 0. The second kappa shape index (κ2) is 5.77. The van der Waals surface area contributed by atoms with Gasteiger partial charge in [0.05, 0.1) is 6.54 Å². The third-order valence-corrected chi connectivity index (χ3v) is 3.38. The molecular weight excluding hydrogens is 246 g/mol. The van der Waals surface area contributed by atoms with Crippen molar-refractivity contribution in [1.82, 2.24) is 5.32 Å². The Morgan fingerprint density at radius 1 is 1.28 bits per heavy atom. The molecule has 2 aromatic rings. The quantitative estimate of drug-likeness (QED) is 0.864. The summed E-state index contributed by atoms with van der Waals surface area (Å²) in [5.41, 5.74) is 3.40. The zero-order valence-corrected chi connectivity index (χ0v) is 12.0. The molecule has 98 valence electrons. The highest BCUT2D eigenvalue weighted by molar-refractivity contribution is 6.31. The molecule has 18 heavy (non-hydrogen) atoms. The van der Waals surface area contributed by atoms with Crippen molar-refractivity contribution in [3.05, 3.63) is 34.0 Å². The number of rotatable bonds is 5. The van der Waals surface area contributed by atoms with Crippen LogP contribution in [0.3, 0.4) is 0 Å². The van der Waals surface area contributed by atoms with Gasteiger partial charge in [0.1, 0.15) is 11.3 Å². The van der Waals surface area contributed by atoms with Crippen molar-refractivity contribution in [2.24, 2.45) is 0 Å². The zero-order chi connectivity index (χ0) is 13.1. The van der Waals surface area contributed by atoms with E-state index in [0.29, 0.717) is 0 Å². The Kier molecular flexibility index (Phi) is 4.31. The summed E-state index contributed by atoms with van der Waals surface area (Å²) >= 11 is 6.15. The third-order valence-electron chi connectivity index (χ3n) is 3.16. The predicted octanol–water partition coefficient (Wildman–Crippen LogP) is 4.46. The first kappa shape index (κ1) is 13.4. The smallest absolute Gasteiger partial charge is 0.137 e. The molecule has 2 nitrogen and oxygen atoms in total. The molecular formula is C15H20ClNO. The summed E-state index contributed by atoms with van der Waals surface area (Å²) in [6.45, 7) is 8.07. The van der Waals surface area contributed by atoms with E-state index in [1.54, 1.807) is 0 Å². The van der Waals surface area contributed by atoms with Gasteiger partial charge in [0, 0.05) is 16.0 Å². The molecule has 1 aromatic carbocycles. The van der Waals surface area contributed by atoms with Gasteiger partial charge in [0.2, 0.25) is 0 Å². The molecule has 0 saturated carbocycles. The van der Waals surface area contributed by atoms with Crippen LogP contribution >= 0.6 is 11.6 Å². The lowest BCUT2D eigenvalue weighted by Gasteiger charge is -2.02. The number of benzene rings is 1. The maximum atomic E-state index is 6.15. The Balaban J connectivity index is 2.55. The predicted molar refractivity (Wildman–Crippen MR) is 77.3 cm³/mol. The van der Waals surface area contributed by atoms with Crippen LogP contribution in [0.4, 0.5) is 0 Å². The van der Waals surface area contributed by atoms with Crippen LogP contribution < -0.4 is 5.32 Å². The van der Waals surface area contributed by atoms with Gasteiger partial charge in [-0.25, -0.2) is 0 Å². The van der Waals surface area contributed by atoms with Gasteiger partial charge in [-0.15, -0.1) is 0 Å². The number of fused-ring (bicyclic) bond motifs is 1. The summed E-state index contributed by atoms with van der Waals surface area (Å²) in [6, 6.07) is 3.98. The van der Waals surface area contributed by atoms with Gasteiger partial charge in [0.25, 0.3) is 0 Å². The Morgan fingerprint density at radius 2 is 2.06 bits per heavy atom. The molecule has 0 atom stereocenters. The summed E-state index contributed by atoms with van der Waals surface area (Å²) in [6.07, 6.45) is 2.15. The van der Waals surface area contributed by atoms with Gasteiger partial charge >= 0.3 is 0 Å². The first-order valence-electron chi connectivity index (χ1n) is 6.58. The maximum absolute atomic E-state index is 6.15. The molecule has 1 aromatic heterocycles. The molecule has 0 unspecified atom stereocenters. The number of halogens is 1. The minimum Gasteiger partial charge on any atom is -0.459 e. The van der Waals surface area contributed by atoms with E-state index in [0.717, 1.165) is 47.9 Å². The van der Waals surface area contributed by atoms with E-state index in [1.807, 2.05) is 19.1 Å². The SMILES string of the molecule is CCCc1c(CNCC)oc2c(C)cc(Cl)cc12. The molecule has 0 aliphatic carbocycles. The van der Waals surface area contributed by atoms with Crippen molar-refractivity contribution in [3.8, 4) is 0 Å². The fraction of sp³-hybridized carbons (Fsp3) is 0.467. The van der Waals surface area contributed by atoms with E-state index < -0.39 is 0 Å². The maximum Gasteiger partial charge on any atom is 0.137 e. The van der Waals surface area contributed by atoms with Gasteiger partial charge in [-0.2, -0.15) is 0 Å². The second-order valence-corrected chi connectivity index (χ2v) is 5.07. The van der Waals surface area contributed by atoms with E-state index in [1.165, 1.54) is 10.9 Å². The fourth-order valence-electron chi connectivity index (χ4n) is 2.33. The summed E-state index contributed by atoms with van der Waals surface area (Å²) in [5.74, 6) is 1.05. The van der Waals surface area contributed by atoms with Crippen LogP contribution in [0, 0.1) is 6.92 Å². The highest BCUT2D eigenvalue weighted by atomic mass is 35.5. The fourth-order valence-corrected chi connectivity index (χ4v) is 2.60. The van der Waals surface area contributed by atoms with Crippen molar-refractivity contribution in [2.75, 3.05) is 6.54 Å². The number of aryl methyl sites for hydroxylation is 2. The number of hydrogen-bond acceptors (Lipinski definition) is 2. The van der Waals surface area contributed by atoms with Crippen molar-refractivity contribution < 1.29 is 4.42 Å². The highest BCUT2D eigenvalue weighted by Crippen LogP contribution is 2.32. The largest absolute Gasteiger partial charge is 0.459 e. The lowest BCUT2D eigenvalue weighted by molar-refractivity contribution is 0.511. The molecule has 0 saturated heterocycles. The normalized spacial score (nSPS) is 11.3. The molecule has 0 amide bonds. The monoisotopic (exact) mass is 265 g/mol. The molecule has 1 N–H and O–H groups in total. The summed E-state index contributed by atoms with van der Waals surface area (Å²) in [5, 5.41) is 5.29. The second-order valence-electron chi connectivity index (χ2n) is 4.63. The molecule has 0 fully saturated rings. The van der Waals surface area contributed by atoms with Crippen LogP contribution in [-0.2, 0) is 13.0 Å². The summed E-state index contributed by atoms with van der Waals surface area (Å²) in [4.78, 5) is 0. The van der Waals surface area contributed by atoms with Gasteiger partial charge < -0.3 is 9.73 Å². The van der Waals surface area contributed by atoms with Crippen molar-refractivity contribution >= 4 is 22.6 Å². The molecule has 0 aliphatic rings. The number of hydrogen-bond donors (Lipinski definition) is 1. The lowest BCUT2D eigenvalue weighted by Crippen LogP contribution is -2.12. The standard InChI is InChI=1S/C15H20ClNO/c1-4-6-12-13-8-11(16)7-10(3)15(13)18-14(12)9-17-5-2/h7-8,17H,4-6,9H2,1-3H3. The van der Waals surface area contributed by atoms with Crippen LogP contribution in [-0.4, -0.2) is 6.54 Å². The molecule has 1 heterocycles. The minimum atomic E-state index is 0.785.